The average Bonchev–Trinajstić information content (AvgIpc) is 2.34. The first-order valence-corrected chi connectivity index (χ1v) is 5.49. The highest BCUT2D eigenvalue weighted by Crippen LogP contribution is 2.25. The molecule has 6 heteroatoms. The molecule has 0 aliphatic carbocycles. The van der Waals surface area contributed by atoms with Crippen molar-refractivity contribution in [3.8, 4) is 11.8 Å². The number of amides is 1. The number of benzene rings is 1. The monoisotopic (exact) mass is 266 g/mol. The van der Waals surface area contributed by atoms with Crippen LogP contribution in [0.3, 0.4) is 0 Å². The van der Waals surface area contributed by atoms with Gasteiger partial charge in [0.2, 0.25) is 0 Å². The van der Waals surface area contributed by atoms with Crippen molar-refractivity contribution >= 4 is 23.3 Å². The van der Waals surface area contributed by atoms with Gasteiger partial charge in [-0.25, -0.2) is 0 Å². The molecule has 0 aliphatic rings. The lowest BCUT2D eigenvalue weighted by molar-refractivity contribution is -0.122. The number of Topliss-reactive ketones (excluding diaryl/α,β-unsaturated/α-hetero) is 1. The highest BCUT2D eigenvalue weighted by atomic mass is 35.5. The summed E-state index contributed by atoms with van der Waals surface area (Å²) in [5.74, 6) is -0.202. The van der Waals surface area contributed by atoms with Crippen LogP contribution in [-0.4, -0.2) is 24.8 Å². The van der Waals surface area contributed by atoms with Gasteiger partial charge in [-0.3, -0.25) is 9.59 Å². The van der Waals surface area contributed by atoms with E-state index in [1.807, 2.05) is 0 Å². The first-order chi connectivity index (χ1) is 8.54. The van der Waals surface area contributed by atoms with Crippen LogP contribution in [-0.2, 0) is 4.79 Å². The molecule has 0 aliphatic heterocycles. The van der Waals surface area contributed by atoms with Gasteiger partial charge in [0.25, 0.3) is 5.91 Å². The zero-order chi connectivity index (χ0) is 13.5. The molecule has 0 saturated carbocycles. The normalized spacial score (nSPS) is 9.39. The second-order valence-corrected chi connectivity index (χ2v) is 3.83. The summed E-state index contributed by atoms with van der Waals surface area (Å²) in [5.41, 5.74) is 0.473. The third-order valence-electron chi connectivity index (χ3n) is 2.06. The van der Waals surface area contributed by atoms with Gasteiger partial charge in [0, 0.05) is 5.56 Å². The summed E-state index contributed by atoms with van der Waals surface area (Å²) < 4.78 is 5.17. The fraction of sp³-hybridized carbons (Fsp3) is 0.250. The predicted octanol–water partition coefficient (Wildman–Crippen LogP) is 1.56. The van der Waals surface area contributed by atoms with Crippen molar-refractivity contribution in [3.05, 3.63) is 28.8 Å². The first kappa shape index (κ1) is 14.0. The molecule has 94 valence electrons. The van der Waals surface area contributed by atoms with E-state index in [4.69, 9.17) is 21.6 Å². The van der Waals surface area contributed by atoms with Crippen LogP contribution >= 0.6 is 11.6 Å². The van der Waals surface area contributed by atoms with Gasteiger partial charge in [0.05, 0.1) is 11.1 Å². The molecule has 0 unspecified atom stereocenters. The largest absolute Gasteiger partial charge is 0.482 e. The number of hydrogen-bond acceptors (Lipinski definition) is 4. The molecule has 0 radical (unpaired) electrons. The number of carbonyl (C=O) groups excluding carboxylic acids is 2. The number of rotatable bonds is 5. The maximum Gasteiger partial charge on any atom is 0.258 e. The van der Waals surface area contributed by atoms with Crippen LogP contribution in [0, 0.1) is 11.3 Å². The summed E-state index contributed by atoms with van der Waals surface area (Å²) in [6.45, 7) is 1.13. The molecular weight excluding hydrogens is 256 g/mol. The number of hydrogen-bond donors (Lipinski definition) is 1. The molecule has 1 N–H and O–H groups in total. The van der Waals surface area contributed by atoms with Crippen LogP contribution in [0.5, 0.6) is 5.75 Å². The molecule has 1 aromatic carbocycles. The van der Waals surface area contributed by atoms with Gasteiger partial charge < -0.3 is 10.1 Å². The molecule has 5 nitrogen and oxygen atoms in total. The lowest BCUT2D eigenvalue weighted by Crippen LogP contribution is -2.29. The van der Waals surface area contributed by atoms with E-state index in [2.05, 4.69) is 5.32 Å². The molecule has 1 rings (SSSR count). The van der Waals surface area contributed by atoms with E-state index in [0.717, 1.165) is 0 Å². The Kier molecular flexibility index (Phi) is 5.15. The van der Waals surface area contributed by atoms with E-state index in [-0.39, 0.29) is 24.0 Å². The number of ketones is 1. The molecule has 0 bridgehead atoms. The van der Waals surface area contributed by atoms with Crippen LogP contribution in [0.15, 0.2) is 18.2 Å². The summed E-state index contributed by atoms with van der Waals surface area (Å²) in [4.78, 5) is 22.3. The van der Waals surface area contributed by atoms with E-state index in [9.17, 15) is 9.59 Å². The number of nitrogens with zero attached hydrogens (tertiary/aromatic N) is 1. The fourth-order valence-corrected chi connectivity index (χ4v) is 1.40. The summed E-state index contributed by atoms with van der Waals surface area (Å²) in [6, 6.07) is 6.35. The minimum atomic E-state index is -0.414. The smallest absolute Gasteiger partial charge is 0.258 e. The highest BCUT2D eigenvalue weighted by molar-refractivity contribution is 6.32. The number of ether oxygens (including phenoxy) is 1. The Morgan fingerprint density at radius 2 is 2.22 bits per heavy atom. The minimum absolute atomic E-state index is 0.0702. The van der Waals surface area contributed by atoms with Crippen molar-refractivity contribution in [2.24, 2.45) is 0 Å². The molecule has 1 aromatic rings. The topological polar surface area (TPSA) is 79.2 Å². The number of halogens is 1. The van der Waals surface area contributed by atoms with Crippen LogP contribution in [0.25, 0.3) is 0 Å². The van der Waals surface area contributed by atoms with Gasteiger partial charge in [-0.2, -0.15) is 5.26 Å². The van der Waals surface area contributed by atoms with Crippen LogP contribution in [0.1, 0.15) is 17.3 Å². The van der Waals surface area contributed by atoms with Gasteiger partial charge in [-0.05, 0) is 25.1 Å². The Morgan fingerprint density at radius 1 is 1.50 bits per heavy atom. The van der Waals surface area contributed by atoms with Gasteiger partial charge in [-0.15, -0.1) is 0 Å². The second kappa shape index (κ2) is 6.62. The van der Waals surface area contributed by atoms with Crippen molar-refractivity contribution in [2.45, 2.75) is 6.92 Å². The lowest BCUT2D eigenvalue weighted by Gasteiger charge is -2.08. The van der Waals surface area contributed by atoms with Gasteiger partial charge in [0.1, 0.15) is 12.3 Å². The van der Waals surface area contributed by atoms with E-state index in [1.165, 1.54) is 19.1 Å². The number of nitrogens with one attached hydrogen (secondary N) is 1. The highest BCUT2D eigenvalue weighted by Gasteiger charge is 2.08. The average molecular weight is 267 g/mol. The van der Waals surface area contributed by atoms with Crippen molar-refractivity contribution in [1.29, 1.82) is 5.26 Å². The van der Waals surface area contributed by atoms with Gasteiger partial charge in [-0.1, -0.05) is 11.6 Å². The SMILES string of the molecule is CC(=O)c1ccc(OCC(=O)NCC#N)c(Cl)c1. The Balaban J connectivity index is 2.61. The maximum absolute atomic E-state index is 11.2. The Morgan fingerprint density at radius 3 is 2.78 bits per heavy atom. The third-order valence-corrected chi connectivity index (χ3v) is 2.36. The molecule has 0 aromatic heterocycles. The standard InChI is InChI=1S/C12H11ClN2O3/c1-8(16)9-2-3-11(10(13)6-9)18-7-12(17)15-5-4-14/h2-3,6H,5,7H2,1H3,(H,15,17). The number of carbonyl (C=O) groups is 2. The second-order valence-electron chi connectivity index (χ2n) is 3.42. The van der Waals surface area contributed by atoms with Gasteiger partial charge in [0.15, 0.2) is 12.4 Å². The van der Waals surface area contributed by atoms with Crippen LogP contribution in [0.4, 0.5) is 0 Å². The summed E-state index contributed by atoms with van der Waals surface area (Å²) in [5, 5.41) is 10.9. The first-order valence-electron chi connectivity index (χ1n) is 5.11. The van der Waals surface area contributed by atoms with Crippen LogP contribution < -0.4 is 10.1 Å². The lowest BCUT2D eigenvalue weighted by atomic mass is 10.1. The molecule has 0 fully saturated rings. The van der Waals surface area contributed by atoms with Crippen molar-refractivity contribution < 1.29 is 14.3 Å². The summed E-state index contributed by atoms with van der Waals surface area (Å²) in [6.07, 6.45) is 0. The van der Waals surface area contributed by atoms with Crippen molar-refractivity contribution in [2.75, 3.05) is 13.2 Å². The van der Waals surface area contributed by atoms with Crippen molar-refractivity contribution in [3.63, 3.8) is 0 Å². The molecule has 0 atom stereocenters. The third kappa shape index (κ3) is 4.07. The molecule has 0 spiro atoms. The number of nitriles is 1. The predicted molar refractivity (Wildman–Crippen MR) is 65.6 cm³/mol. The quantitative estimate of drug-likeness (QED) is 0.648. The van der Waals surface area contributed by atoms with E-state index in [1.54, 1.807) is 12.1 Å². The maximum atomic E-state index is 11.2. The summed E-state index contributed by atoms with van der Waals surface area (Å²) in [7, 11) is 0. The zero-order valence-electron chi connectivity index (χ0n) is 9.70. The minimum Gasteiger partial charge on any atom is -0.482 e. The summed E-state index contributed by atoms with van der Waals surface area (Å²) >= 11 is 5.90. The molecule has 18 heavy (non-hydrogen) atoms. The van der Waals surface area contributed by atoms with Crippen LogP contribution in [0.2, 0.25) is 5.02 Å². The molecule has 1 amide bonds. The van der Waals surface area contributed by atoms with E-state index in [0.29, 0.717) is 11.3 Å². The van der Waals surface area contributed by atoms with Gasteiger partial charge >= 0.3 is 0 Å². The van der Waals surface area contributed by atoms with Crippen molar-refractivity contribution in [1.82, 2.24) is 5.32 Å². The molecular formula is C12H11ClN2O3. The zero-order valence-corrected chi connectivity index (χ0v) is 10.5. The molecule has 0 heterocycles. The fourth-order valence-electron chi connectivity index (χ4n) is 1.17. The Labute approximate surface area is 109 Å². The molecule has 0 saturated heterocycles. The van der Waals surface area contributed by atoms with E-state index >= 15 is 0 Å². The Bertz CT molecular complexity index is 509. The van der Waals surface area contributed by atoms with E-state index < -0.39 is 5.91 Å². The Hall–Kier alpha value is -2.06.